The number of carbonyl (C=O) groups excluding carboxylic acids is 2. The monoisotopic (exact) mass is 623 g/mol. The first-order valence-electron chi connectivity index (χ1n) is 13.5. The Kier molecular flexibility index (Phi) is 12.2. The molecule has 0 fully saturated rings. The van der Waals surface area contributed by atoms with E-state index >= 15 is 0 Å². The number of anilines is 2. The van der Waals surface area contributed by atoms with E-state index in [1.165, 1.54) is 24.5 Å². The topological polar surface area (TPSA) is 223 Å². The number of nitrogens with one attached hydrogen (secondary N) is 3. The molecule has 0 aliphatic rings. The molecule has 8 N–H and O–H groups in total. The lowest BCUT2D eigenvalue weighted by atomic mass is 10.0. The molecule has 2 heterocycles. The summed E-state index contributed by atoms with van der Waals surface area (Å²) in [6.45, 7) is 1.68. The Balaban J connectivity index is 0.00000177. The van der Waals surface area contributed by atoms with Crippen LogP contribution in [0.15, 0.2) is 48.9 Å². The number of ether oxygens (including phenoxy) is 1. The highest BCUT2D eigenvalue weighted by molar-refractivity contribution is 5.96. The second-order valence-electron chi connectivity index (χ2n) is 9.14. The minimum absolute atomic E-state index is 0.0251. The Morgan fingerprint density at radius 2 is 1.91 bits per heavy atom. The molecule has 2 aromatic heterocycles. The van der Waals surface area contributed by atoms with Gasteiger partial charge in [0.25, 0.3) is 12.4 Å². The molecule has 0 aliphatic carbocycles. The molecule has 45 heavy (non-hydrogen) atoms. The summed E-state index contributed by atoms with van der Waals surface area (Å²) in [6, 6.07) is 8.70. The fourth-order valence-electron chi connectivity index (χ4n) is 4.18. The lowest BCUT2D eigenvalue weighted by Gasteiger charge is -2.14. The van der Waals surface area contributed by atoms with E-state index in [1.807, 2.05) is 6.92 Å². The van der Waals surface area contributed by atoms with Crippen LogP contribution in [-0.2, 0) is 16.0 Å². The summed E-state index contributed by atoms with van der Waals surface area (Å²) in [5, 5.41) is 24.1. The highest BCUT2D eigenvalue weighted by Gasteiger charge is 2.20. The quantitative estimate of drug-likeness (QED) is 0.0984. The zero-order chi connectivity index (χ0) is 32.9. The van der Waals surface area contributed by atoms with Crippen LogP contribution in [0.1, 0.15) is 22.8 Å². The minimum Gasteiger partial charge on any atom is -0.483 e. The smallest absolute Gasteiger partial charge is 0.290 e. The first-order chi connectivity index (χ1) is 21.7. The van der Waals surface area contributed by atoms with E-state index in [0.717, 1.165) is 5.56 Å². The Bertz CT molecular complexity index is 1710. The van der Waals surface area contributed by atoms with E-state index < -0.39 is 24.3 Å². The number of carboxylic acid groups (broad SMARTS) is 1. The van der Waals surface area contributed by atoms with Crippen molar-refractivity contribution < 1.29 is 33.0 Å². The fraction of sp³-hybridized carbons (Fsp3) is 0.241. The van der Waals surface area contributed by atoms with E-state index in [9.17, 15) is 18.4 Å². The number of aromatic nitrogens is 3. The number of halogens is 2. The van der Waals surface area contributed by atoms with Crippen molar-refractivity contribution in [2.45, 2.75) is 19.4 Å². The third-order valence-electron chi connectivity index (χ3n) is 6.34. The number of nitriles is 1. The molecule has 14 nitrogen and oxygen atoms in total. The summed E-state index contributed by atoms with van der Waals surface area (Å²) in [4.78, 5) is 41.6. The van der Waals surface area contributed by atoms with Gasteiger partial charge in [0.1, 0.15) is 6.07 Å². The summed E-state index contributed by atoms with van der Waals surface area (Å²) in [6.07, 6.45) is 5.01. The molecule has 0 saturated carbocycles. The Morgan fingerprint density at radius 1 is 1.18 bits per heavy atom. The number of carbonyl (C=O) groups is 3. The average molecular weight is 624 g/mol. The van der Waals surface area contributed by atoms with Crippen LogP contribution in [0, 0.1) is 23.0 Å². The molecule has 4 rings (SSSR count). The number of aryl methyl sites for hydroxylation is 1. The molecule has 2 amide bonds. The largest absolute Gasteiger partial charge is 0.483 e. The first kappa shape index (κ1) is 33.8. The number of imidazole rings is 1. The van der Waals surface area contributed by atoms with Crippen molar-refractivity contribution >= 4 is 35.4 Å². The Hall–Kier alpha value is -5.66. The SMILES string of the molecule is CCc1cc(Nc2nccn3c(-c4ccc(OCC#N)c(F)c4F)cnc23)ccc1C(=O)NCCNC(=O)C(N)CN.O=CO. The van der Waals surface area contributed by atoms with Crippen molar-refractivity contribution in [2.24, 2.45) is 11.5 Å². The third-order valence-corrected chi connectivity index (χ3v) is 6.34. The van der Waals surface area contributed by atoms with E-state index in [2.05, 4.69) is 25.9 Å². The summed E-state index contributed by atoms with van der Waals surface area (Å²) in [5.41, 5.74) is 13.4. The number of amides is 2. The first-order valence-corrected chi connectivity index (χ1v) is 13.5. The summed E-state index contributed by atoms with van der Waals surface area (Å²) >= 11 is 0. The van der Waals surface area contributed by atoms with Gasteiger partial charge in [-0.05, 0) is 42.3 Å². The number of hydrogen-bond donors (Lipinski definition) is 6. The van der Waals surface area contributed by atoms with Crippen LogP contribution in [0.2, 0.25) is 0 Å². The lowest BCUT2D eigenvalue weighted by molar-refractivity contribution is -0.123. The molecule has 0 aliphatic heterocycles. The van der Waals surface area contributed by atoms with Crippen LogP contribution in [0.5, 0.6) is 5.75 Å². The number of fused-ring (bicyclic) bond motifs is 1. The number of benzene rings is 2. The van der Waals surface area contributed by atoms with E-state index in [1.54, 1.807) is 34.9 Å². The van der Waals surface area contributed by atoms with Gasteiger partial charge in [0.2, 0.25) is 11.7 Å². The molecule has 2 aromatic carbocycles. The van der Waals surface area contributed by atoms with Crippen molar-refractivity contribution in [1.82, 2.24) is 25.0 Å². The van der Waals surface area contributed by atoms with Crippen molar-refractivity contribution in [3.05, 3.63) is 71.7 Å². The van der Waals surface area contributed by atoms with Gasteiger partial charge in [-0.1, -0.05) is 6.92 Å². The van der Waals surface area contributed by atoms with E-state index in [-0.39, 0.29) is 54.9 Å². The number of nitrogens with two attached hydrogens (primary N) is 2. The third kappa shape index (κ3) is 8.25. The normalized spacial score (nSPS) is 11.0. The van der Waals surface area contributed by atoms with Gasteiger partial charge in [-0.25, -0.2) is 14.4 Å². The fourth-order valence-corrected chi connectivity index (χ4v) is 4.18. The lowest BCUT2D eigenvalue weighted by Crippen LogP contribution is -2.47. The Morgan fingerprint density at radius 3 is 2.60 bits per heavy atom. The van der Waals surface area contributed by atoms with Crippen LogP contribution in [0.3, 0.4) is 0 Å². The van der Waals surface area contributed by atoms with Crippen LogP contribution in [0.25, 0.3) is 16.9 Å². The van der Waals surface area contributed by atoms with Crippen LogP contribution < -0.4 is 32.2 Å². The van der Waals surface area contributed by atoms with Crippen LogP contribution >= 0.6 is 0 Å². The molecular weight excluding hydrogens is 592 g/mol. The molecule has 236 valence electrons. The second kappa shape index (κ2) is 16.3. The predicted molar refractivity (Wildman–Crippen MR) is 160 cm³/mol. The summed E-state index contributed by atoms with van der Waals surface area (Å²) in [7, 11) is 0. The number of hydrogen-bond acceptors (Lipinski definition) is 10. The zero-order valence-corrected chi connectivity index (χ0v) is 24.1. The van der Waals surface area contributed by atoms with E-state index in [4.69, 9.17) is 31.4 Å². The molecule has 0 radical (unpaired) electrons. The predicted octanol–water partition coefficient (Wildman–Crippen LogP) is 1.72. The van der Waals surface area contributed by atoms with Crippen molar-refractivity contribution in [3.63, 3.8) is 0 Å². The van der Waals surface area contributed by atoms with Gasteiger partial charge < -0.3 is 37.3 Å². The van der Waals surface area contributed by atoms with E-state index in [0.29, 0.717) is 29.1 Å². The zero-order valence-electron chi connectivity index (χ0n) is 24.1. The molecule has 4 aromatic rings. The Labute approximate surface area is 256 Å². The summed E-state index contributed by atoms with van der Waals surface area (Å²) in [5.74, 6) is -3.04. The maximum absolute atomic E-state index is 14.9. The van der Waals surface area contributed by atoms with Crippen molar-refractivity contribution in [2.75, 3.05) is 31.6 Å². The van der Waals surface area contributed by atoms with Crippen molar-refractivity contribution in [1.29, 1.82) is 5.26 Å². The minimum atomic E-state index is -1.21. The molecule has 16 heteroatoms. The summed E-state index contributed by atoms with van der Waals surface area (Å²) < 4.78 is 36.0. The molecule has 0 bridgehead atoms. The maximum Gasteiger partial charge on any atom is 0.290 e. The van der Waals surface area contributed by atoms with Gasteiger partial charge in [-0.2, -0.15) is 9.65 Å². The van der Waals surface area contributed by atoms with Gasteiger partial charge in [0.05, 0.1) is 17.9 Å². The maximum atomic E-state index is 14.9. The molecule has 1 atom stereocenters. The molecule has 0 saturated heterocycles. The van der Waals surface area contributed by atoms with Gasteiger partial charge in [-0.3, -0.25) is 18.8 Å². The molecule has 0 spiro atoms. The highest BCUT2D eigenvalue weighted by Crippen LogP contribution is 2.32. The standard InChI is InChI=1S/C28H29F2N9O3.CH2O2/c1-2-16-13-17(3-4-18(16)27(40)35-8-9-36-28(41)20(33)14-32)38-25-26-37-15-21(39(26)11-10-34-25)19-5-6-22(42-12-7-31)24(30)23(19)29;2-1-3/h3-6,10-11,13,15,20H,2,8-9,12,14,32-33H2,1H3,(H,34,38)(H,35,40)(H,36,41);1H,(H,2,3). The number of nitrogens with zero attached hydrogens (tertiary/aromatic N) is 4. The average Bonchev–Trinajstić information content (AvgIpc) is 3.48. The van der Waals surface area contributed by atoms with Crippen LogP contribution in [-0.4, -0.2) is 70.0 Å². The van der Waals surface area contributed by atoms with Gasteiger partial charge in [0, 0.05) is 48.8 Å². The molecular formula is C29H31F2N9O5. The second-order valence-corrected chi connectivity index (χ2v) is 9.14. The van der Waals surface area contributed by atoms with Crippen molar-refractivity contribution in [3.8, 4) is 23.1 Å². The van der Waals surface area contributed by atoms with Gasteiger partial charge in [0.15, 0.2) is 29.6 Å². The van der Waals surface area contributed by atoms with Gasteiger partial charge in [-0.15, -0.1) is 0 Å². The molecule has 1 unspecified atom stereocenters. The van der Waals surface area contributed by atoms with Crippen LogP contribution in [0.4, 0.5) is 20.3 Å². The number of rotatable bonds is 12. The van der Waals surface area contributed by atoms with Gasteiger partial charge >= 0.3 is 0 Å². The highest BCUT2D eigenvalue weighted by atomic mass is 19.2.